The van der Waals surface area contributed by atoms with Crippen molar-refractivity contribution in [1.82, 2.24) is 24.7 Å². The molecule has 3 heterocycles. The van der Waals surface area contributed by atoms with E-state index in [1.54, 1.807) is 12.4 Å². The number of fused-ring (bicyclic) bond motifs is 7. The molecule has 160 valence electrons. The Bertz CT molecular complexity index is 1880. The van der Waals surface area contributed by atoms with Gasteiger partial charge in [-0.25, -0.2) is 4.98 Å². The summed E-state index contributed by atoms with van der Waals surface area (Å²) in [6.45, 7) is 2.15. The van der Waals surface area contributed by atoms with Crippen LogP contribution >= 0.6 is 0 Å². The van der Waals surface area contributed by atoms with Crippen molar-refractivity contribution < 1.29 is 0 Å². The summed E-state index contributed by atoms with van der Waals surface area (Å²) in [5, 5.41) is 13.7. The highest BCUT2D eigenvalue weighted by Crippen LogP contribution is 2.36. The smallest absolute Gasteiger partial charge is 0.100 e. The number of benzene rings is 4. The standard InChI is InChI=1S/C29H19N5/c1-18-12-19(20-13-21-15-32-33-16-26(21)30-14-20)10-11-27(18)34-17-31-28-24-8-4-2-6-22(24)23-7-3-5-9-25(23)29(28)34/h2-17H,1H3. The Morgan fingerprint density at radius 3 is 2.21 bits per heavy atom. The van der Waals surface area contributed by atoms with Gasteiger partial charge in [0.25, 0.3) is 0 Å². The lowest BCUT2D eigenvalue weighted by atomic mass is 9.99. The van der Waals surface area contributed by atoms with Crippen LogP contribution in [0, 0.1) is 6.92 Å². The first-order valence-electron chi connectivity index (χ1n) is 11.2. The van der Waals surface area contributed by atoms with Crippen molar-refractivity contribution in [2.75, 3.05) is 0 Å². The Labute approximate surface area is 195 Å². The van der Waals surface area contributed by atoms with Gasteiger partial charge in [0.1, 0.15) is 6.33 Å². The third kappa shape index (κ3) is 2.74. The normalized spacial score (nSPS) is 11.7. The Hall–Kier alpha value is -4.64. The van der Waals surface area contributed by atoms with Crippen LogP contribution in [0.1, 0.15) is 5.56 Å². The minimum atomic E-state index is 0.844. The van der Waals surface area contributed by atoms with Gasteiger partial charge in [-0.1, -0.05) is 54.6 Å². The second kappa shape index (κ2) is 7.18. The summed E-state index contributed by atoms with van der Waals surface area (Å²) in [7, 11) is 0. The molecule has 0 radical (unpaired) electrons. The molecule has 7 rings (SSSR count). The van der Waals surface area contributed by atoms with E-state index in [-0.39, 0.29) is 0 Å². The van der Waals surface area contributed by atoms with Gasteiger partial charge in [0.2, 0.25) is 0 Å². The van der Waals surface area contributed by atoms with Crippen molar-refractivity contribution in [1.29, 1.82) is 0 Å². The molecule has 0 fully saturated rings. The number of hydrogen-bond acceptors (Lipinski definition) is 4. The van der Waals surface area contributed by atoms with Crippen LogP contribution < -0.4 is 0 Å². The van der Waals surface area contributed by atoms with E-state index in [1.807, 2.05) is 12.5 Å². The zero-order valence-corrected chi connectivity index (χ0v) is 18.5. The maximum Gasteiger partial charge on any atom is 0.100 e. The fourth-order valence-corrected chi connectivity index (χ4v) is 4.98. The monoisotopic (exact) mass is 437 g/mol. The highest BCUT2D eigenvalue weighted by Gasteiger charge is 2.15. The van der Waals surface area contributed by atoms with Crippen LogP contribution in [0.25, 0.3) is 60.3 Å². The fraction of sp³-hybridized carbons (Fsp3) is 0.0345. The number of aromatic nitrogens is 5. The number of hydrogen-bond donors (Lipinski definition) is 0. The molecule has 0 saturated heterocycles. The van der Waals surface area contributed by atoms with Crippen LogP contribution in [0.2, 0.25) is 0 Å². The molecule has 0 spiro atoms. The average molecular weight is 438 g/mol. The zero-order chi connectivity index (χ0) is 22.6. The number of rotatable bonds is 2. The van der Waals surface area contributed by atoms with Gasteiger partial charge in [-0.3, -0.25) is 9.55 Å². The molecule has 0 aliphatic rings. The van der Waals surface area contributed by atoms with E-state index in [0.717, 1.165) is 38.8 Å². The first-order chi connectivity index (χ1) is 16.8. The molecular formula is C29H19N5. The van der Waals surface area contributed by atoms with Gasteiger partial charge >= 0.3 is 0 Å². The summed E-state index contributed by atoms with van der Waals surface area (Å²) < 4.78 is 2.22. The van der Waals surface area contributed by atoms with Gasteiger partial charge in [-0.05, 0) is 47.0 Å². The Kier molecular flexibility index (Phi) is 3.99. The molecule has 0 aliphatic heterocycles. The minimum absolute atomic E-state index is 0.844. The van der Waals surface area contributed by atoms with Gasteiger partial charge in [0, 0.05) is 27.9 Å². The van der Waals surface area contributed by atoms with E-state index in [4.69, 9.17) is 4.98 Å². The van der Waals surface area contributed by atoms with Crippen LogP contribution in [-0.2, 0) is 0 Å². The zero-order valence-electron chi connectivity index (χ0n) is 18.5. The maximum atomic E-state index is 4.87. The highest BCUT2D eigenvalue weighted by molar-refractivity contribution is 6.23. The molecule has 3 aromatic heterocycles. The molecule has 0 amide bonds. The van der Waals surface area contributed by atoms with Crippen LogP contribution in [0.4, 0.5) is 0 Å². The lowest BCUT2D eigenvalue weighted by molar-refractivity contribution is 1.04. The predicted molar refractivity (Wildman–Crippen MR) is 137 cm³/mol. The number of aryl methyl sites for hydroxylation is 1. The van der Waals surface area contributed by atoms with Crippen molar-refractivity contribution in [3.8, 4) is 16.8 Å². The average Bonchev–Trinajstić information content (AvgIpc) is 3.34. The molecule has 0 saturated carbocycles. The molecule has 4 aromatic carbocycles. The van der Waals surface area contributed by atoms with E-state index in [2.05, 4.69) is 99.5 Å². The number of pyridine rings is 1. The molecule has 0 bridgehead atoms. The molecule has 0 aliphatic carbocycles. The van der Waals surface area contributed by atoms with Crippen molar-refractivity contribution in [2.24, 2.45) is 0 Å². The highest BCUT2D eigenvalue weighted by atomic mass is 15.1. The van der Waals surface area contributed by atoms with Crippen molar-refractivity contribution in [2.45, 2.75) is 6.92 Å². The summed E-state index contributed by atoms with van der Waals surface area (Å²) in [6.07, 6.45) is 7.28. The van der Waals surface area contributed by atoms with Gasteiger partial charge in [-0.2, -0.15) is 10.2 Å². The van der Waals surface area contributed by atoms with E-state index >= 15 is 0 Å². The van der Waals surface area contributed by atoms with Crippen molar-refractivity contribution in [3.05, 3.63) is 103 Å². The molecule has 0 unspecified atom stereocenters. The molecule has 0 N–H and O–H groups in total. The molecular weight excluding hydrogens is 418 g/mol. The Morgan fingerprint density at radius 2 is 1.38 bits per heavy atom. The molecule has 0 atom stereocenters. The van der Waals surface area contributed by atoms with E-state index in [9.17, 15) is 0 Å². The summed E-state index contributed by atoms with van der Waals surface area (Å²) in [5.41, 5.74) is 7.47. The first kappa shape index (κ1) is 18.9. The quantitative estimate of drug-likeness (QED) is 0.284. The summed E-state index contributed by atoms with van der Waals surface area (Å²) in [4.78, 5) is 9.42. The topological polar surface area (TPSA) is 56.5 Å². The number of nitrogens with zero attached hydrogens (tertiary/aromatic N) is 5. The number of imidazole rings is 1. The molecule has 7 aromatic rings. The second-order valence-corrected chi connectivity index (χ2v) is 8.59. The minimum Gasteiger partial charge on any atom is -0.298 e. The largest absolute Gasteiger partial charge is 0.298 e. The van der Waals surface area contributed by atoms with Crippen molar-refractivity contribution >= 4 is 43.5 Å². The van der Waals surface area contributed by atoms with Gasteiger partial charge < -0.3 is 0 Å². The predicted octanol–water partition coefficient (Wildman–Crippen LogP) is 6.65. The first-order valence-corrected chi connectivity index (χ1v) is 11.2. The Balaban J connectivity index is 1.44. The van der Waals surface area contributed by atoms with Crippen LogP contribution in [0.15, 0.2) is 97.7 Å². The lowest BCUT2D eigenvalue weighted by Crippen LogP contribution is -1.97. The molecule has 34 heavy (non-hydrogen) atoms. The fourth-order valence-electron chi connectivity index (χ4n) is 4.98. The van der Waals surface area contributed by atoms with Gasteiger partial charge in [0.05, 0.1) is 34.6 Å². The third-order valence-corrected chi connectivity index (χ3v) is 6.60. The summed E-state index contributed by atoms with van der Waals surface area (Å²) >= 11 is 0. The third-order valence-electron chi connectivity index (χ3n) is 6.60. The second-order valence-electron chi connectivity index (χ2n) is 8.59. The van der Waals surface area contributed by atoms with E-state index in [0.29, 0.717) is 0 Å². The van der Waals surface area contributed by atoms with E-state index < -0.39 is 0 Å². The van der Waals surface area contributed by atoms with E-state index in [1.165, 1.54) is 27.1 Å². The lowest BCUT2D eigenvalue weighted by Gasteiger charge is -2.13. The summed E-state index contributed by atoms with van der Waals surface area (Å²) in [5.74, 6) is 0. The molecule has 5 nitrogen and oxygen atoms in total. The summed E-state index contributed by atoms with van der Waals surface area (Å²) in [6, 6.07) is 25.7. The van der Waals surface area contributed by atoms with Crippen LogP contribution in [0.5, 0.6) is 0 Å². The Morgan fingerprint density at radius 1 is 0.647 bits per heavy atom. The van der Waals surface area contributed by atoms with Crippen LogP contribution in [-0.4, -0.2) is 24.7 Å². The maximum absolute atomic E-state index is 4.87. The van der Waals surface area contributed by atoms with Crippen LogP contribution in [0.3, 0.4) is 0 Å². The van der Waals surface area contributed by atoms with Gasteiger partial charge in [0.15, 0.2) is 0 Å². The van der Waals surface area contributed by atoms with Gasteiger partial charge in [-0.15, -0.1) is 0 Å². The SMILES string of the molecule is Cc1cc(-c2cnc3cnncc3c2)ccc1-n1cnc2c3ccccc3c3ccccc3c21. The molecule has 5 heteroatoms. The van der Waals surface area contributed by atoms with Crippen molar-refractivity contribution in [3.63, 3.8) is 0 Å².